The van der Waals surface area contributed by atoms with Crippen LogP contribution in [0.2, 0.25) is 0 Å². The lowest BCUT2D eigenvalue weighted by Gasteiger charge is -2.20. The molecule has 0 bridgehead atoms. The summed E-state index contributed by atoms with van der Waals surface area (Å²) in [5.41, 5.74) is 13.8. The number of carbonyl (C=O) groups is 2. The molecule has 1 aromatic rings. The second-order valence-corrected chi connectivity index (χ2v) is 29.5. The van der Waals surface area contributed by atoms with Crippen molar-refractivity contribution in [3.63, 3.8) is 0 Å². The zero-order chi connectivity index (χ0) is 65.3. The number of primary amides is 2. The molecule has 0 aliphatic rings. The molecular formula is C85H162N2O4. The molecule has 0 spiro atoms. The van der Waals surface area contributed by atoms with E-state index in [2.05, 4.69) is 26.0 Å². The zero-order valence-electron chi connectivity index (χ0n) is 61.9. The van der Waals surface area contributed by atoms with E-state index in [0.717, 1.165) is 37.7 Å². The SMILES string of the molecule is CCCCCCCCCCCCCCCCCCCCCCCCCCCCCCCCCCCCCCc1ccc(C(OC(N)=O)OC(N)=O)c(CCCCCCCCCCCCCCCCCCCCCCCCCCCCCCCCCCCCCC)c1. The van der Waals surface area contributed by atoms with Crippen molar-refractivity contribution in [2.45, 2.75) is 495 Å². The van der Waals surface area contributed by atoms with Gasteiger partial charge in [-0.15, -0.1) is 0 Å². The van der Waals surface area contributed by atoms with Gasteiger partial charge in [-0.3, -0.25) is 0 Å². The molecule has 1 rings (SSSR count). The Morgan fingerprint density at radius 1 is 0.253 bits per heavy atom. The van der Waals surface area contributed by atoms with E-state index in [4.69, 9.17) is 20.9 Å². The van der Waals surface area contributed by atoms with Gasteiger partial charge in [0, 0.05) is 5.56 Å². The molecule has 2 amide bonds. The molecule has 0 aromatic heterocycles. The molecule has 0 aliphatic heterocycles. The highest BCUT2D eigenvalue weighted by Gasteiger charge is 2.22. The molecule has 4 N–H and O–H groups in total. The lowest BCUT2D eigenvalue weighted by atomic mass is 9.95. The maximum atomic E-state index is 11.8. The number of unbranched alkanes of at least 4 members (excludes halogenated alkanes) is 70. The van der Waals surface area contributed by atoms with Crippen LogP contribution in [0.4, 0.5) is 9.59 Å². The van der Waals surface area contributed by atoms with Crippen molar-refractivity contribution in [1.29, 1.82) is 0 Å². The van der Waals surface area contributed by atoms with Crippen LogP contribution in [0.25, 0.3) is 0 Å². The minimum absolute atomic E-state index is 0.666. The van der Waals surface area contributed by atoms with Crippen molar-refractivity contribution in [3.8, 4) is 0 Å². The van der Waals surface area contributed by atoms with Crippen molar-refractivity contribution in [2.24, 2.45) is 11.5 Å². The summed E-state index contributed by atoms with van der Waals surface area (Å²) in [5, 5.41) is 0. The van der Waals surface area contributed by atoms with Crippen LogP contribution in [-0.4, -0.2) is 12.2 Å². The number of aryl methyl sites for hydroxylation is 2. The molecule has 1 aromatic carbocycles. The van der Waals surface area contributed by atoms with Gasteiger partial charge in [0.25, 0.3) is 6.29 Å². The van der Waals surface area contributed by atoms with Gasteiger partial charge in [-0.1, -0.05) is 482 Å². The predicted molar refractivity (Wildman–Crippen MR) is 402 cm³/mol. The van der Waals surface area contributed by atoms with Gasteiger partial charge in [-0.05, 0) is 36.8 Å². The fraction of sp³-hybridized carbons (Fsp3) is 0.906. The molecular weight excluding hydrogens is 1110 g/mol. The first-order chi connectivity index (χ1) is 45.0. The summed E-state index contributed by atoms with van der Waals surface area (Å²) in [7, 11) is 0. The fourth-order valence-corrected chi connectivity index (χ4v) is 14.4. The van der Waals surface area contributed by atoms with Crippen LogP contribution in [0.5, 0.6) is 0 Å². The van der Waals surface area contributed by atoms with Crippen molar-refractivity contribution in [1.82, 2.24) is 0 Å². The lowest BCUT2D eigenvalue weighted by molar-refractivity contribution is -0.0584. The van der Waals surface area contributed by atoms with Gasteiger partial charge in [0.1, 0.15) is 0 Å². The number of benzene rings is 1. The summed E-state index contributed by atoms with van der Waals surface area (Å²) < 4.78 is 10.5. The molecule has 0 atom stereocenters. The van der Waals surface area contributed by atoms with E-state index in [1.165, 1.54) is 449 Å². The van der Waals surface area contributed by atoms with Crippen LogP contribution >= 0.6 is 0 Å². The molecule has 0 saturated heterocycles. The molecule has 0 radical (unpaired) electrons. The first kappa shape index (κ1) is 86.8. The Morgan fingerprint density at radius 2 is 0.418 bits per heavy atom. The Labute approximate surface area is 569 Å². The Hall–Kier alpha value is -2.24. The second-order valence-electron chi connectivity index (χ2n) is 29.5. The predicted octanol–water partition coefficient (Wildman–Crippen LogP) is 30.1. The number of rotatable bonds is 77. The average Bonchev–Trinajstić information content (AvgIpc) is 3.30. The van der Waals surface area contributed by atoms with Gasteiger partial charge in [0.2, 0.25) is 0 Å². The molecule has 0 unspecified atom stereocenters. The summed E-state index contributed by atoms with van der Waals surface area (Å²) in [6.45, 7) is 4.62. The summed E-state index contributed by atoms with van der Waals surface area (Å²) in [6.07, 6.45) is 101. The van der Waals surface area contributed by atoms with Crippen LogP contribution in [-0.2, 0) is 22.3 Å². The van der Waals surface area contributed by atoms with Gasteiger partial charge >= 0.3 is 12.2 Å². The van der Waals surface area contributed by atoms with Crippen LogP contribution in [0.1, 0.15) is 499 Å². The van der Waals surface area contributed by atoms with E-state index in [0.29, 0.717) is 5.56 Å². The number of ether oxygens (including phenoxy) is 2. The van der Waals surface area contributed by atoms with Gasteiger partial charge in [-0.2, -0.15) is 0 Å². The fourth-order valence-electron chi connectivity index (χ4n) is 14.4. The van der Waals surface area contributed by atoms with Gasteiger partial charge in [0.15, 0.2) is 0 Å². The smallest absolute Gasteiger partial charge is 0.405 e. The first-order valence-corrected chi connectivity index (χ1v) is 42.0. The van der Waals surface area contributed by atoms with E-state index in [1.807, 2.05) is 6.07 Å². The minimum Gasteiger partial charge on any atom is -0.405 e. The van der Waals surface area contributed by atoms with Crippen LogP contribution in [0.15, 0.2) is 18.2 Å². The lowest BCUT2D eigenvalue weighted by Crippen LogP contribution is -2.25. The van der Waals surface area contributed by atoms with E-state index >= 15 is 0 Å². The number of carbonyl (C=O) groups excluding carboxylic acids is 2. The summed E-state index contributed by atoms with van der Waals surface area (Å²) in [6, 6.07) is 6.25. The zero-order valence-corrected chi connectivity index (χ0v) is 61.9. The van der Waals surface area contributed by atoms with E-state index in [9.17, 15) is 9.59 Å². The molecule has 536 valence electrons. The first-order valence-electron chi connectivity index (χ1n) is 42.0. The number of hydrogen-bond acceptors (Lipinski definition) is 4. The van der Waals surface area contributed by atoms with Crippen LogP contribution in [0, 0.1) is 0 Å². The minimum atomic E-state index is -1.23. The molecule has 0 heterocycles. The van der Waals surface area contributed by atoms with Crippen LogP contribution < -0.4 is 11.5 Å². The molecule has 0 fully saturated rings. The topological polar surface area (TPSA) is 105 Å². The quantitative estimate of drug-likeness (QED) is 0.0501. The summed E-state index contributed by atoms with van der Waals surface area (Å²) >= 11 is 0. The van der Waals surface area contributed by atoms with E-state index in [1.54, 1.807) is 0 Å². The molecule has 6 nitrogen and oxygen atoms in total. The molecule has 91 heavy (non-hydrogen) atoms. The van der Waals surface area contributed by atoms with E-state index < -0.39 is 18.5 Å². The monoisotopic (exact) mass is 1280 g/mol. The van der Waals surface area contributed by atoms with Crippen molar-refractivity contribution in [3.05, 3.63) is 34.9 Å². The standard InChI is InChI=1S/C85H162N2O4/c1-3-5-7-9-11-13-15-17-19-21-23-25-27-29-31-33-35-37-39-41-43-45-47-49-51-53-55-57-59-61-63-65-67-69-71-73-75-80-77-78-82(83(90-84(86)88)91-85(87)89)81(79-80)76-74-72-70-68-66-64-62-60-58-56-54-52-50-48-46-44-42-40-38-36-34-32-30-28-26-24-22-20-18-16-14-12-10-8-6-4-2/h77-79,83H,3-76H2,1-2H3,(H2,86,88)(H2,87,89). The van der Waals surface area contributed by atoms with Crippen LogP contribution in [0.3, 0.4) is 0 Å². The highest BCUT2D eigenvalue weighted by Crippen LogP contribution is 2.28. The Bertz CT molecular complexity index is 1580. The maximum Gasteiger partial charge on any atom is 0.407 e. The Kier molecular flexibility index (Phi) is 70.1. The van der Waals surface area contributed by atoms with Crippen molar-refractivity contribution in [2.75, 3.05) is 0 Å². The largest absolute Gasteiger partial charge is 0.407 e. The third kappa shape index (κ3) is 66.2. The molecule has 0 aliphatic carbocycles. The number of nitrogens with two attached hydrogens (primary N) is 2. The maximum absolute atomic E-state index is 11.8. The Morgan fingerprint density at radius 3 is 0.593 bits per heavy atom. The summed E-state index contributed by atoms with van der Waals surface area (Å²) in [4.78, 5) is 23.6. The highest BCUT2D eigenvalue weighted by atomic mass is 16.7. The van der Waals surface area contributed by atoms with Crippen molar-refractivity contribution < 1.29 is 19.1 Å². The second kappa shape index (κ2) is 73.6. The molecule has 0 saturated carbocycles. The van der Waals surface area contributed by atoms with Crippen molar-refractivity contribution >= 4 is 12.2 Å². The van der Waals surface area contributed by atoms with E-state index in [-0.39, 0.29) is 0 Å². The van der Waals surface area contributed by atoms with Gasteiger partial charge < -0.3 is 20.9 Å². The highest BCUT2D eigenvalue weighted by molar-refractivity contribution is 5.67. The summed E-state index contributed by atoms with van der Waals surface area (Å²) in [5.74, 6) is 0. The van der Waals surface area contributed by atoms with Gasteiger partial charge in [-0.25, -0.2) is 9.59 Å². The number of hydrogen-bond donors (Lipinski definition) is 2. The Balaban J connectivity index is 1.98. The average molecular weight is 1280 g/mol. The third-order valence-electron chi connectivity index (χ3n) is 20.5. The van der Waals surface area contributed by atoms with Gasteiger partial charge in [0.05, 0.1) is 0 Å². The number of amides is 2. The normalized spacial score (nSPS) is 11.6. The molecule has 6 heteroatoms. The third-order valence-corrected chi connectivity index (χ3v) is 20.5.